The SMILES string of the molecule is CCOC(=O)[C@H](Cc1ccc(NC(=O)c2c(Cl)cncc2Cl)cc1)NC1=C(CN(C)C)C(=O)C12CCCCC2. The predicted octanol–water partition coefficient (Wildman–Crippen LogP) is 5.05. The van der Waals surface area contributed by atoms with Crippen molar-refractivity contribution in [1.82, 2.24) is 15.2 Å². The van der Waals surface area contributed by atoms with Crippen molar-refractivity contribution in [1.29, 1.82) is 0 Å². The van der Waals surface area contributed by atoms with E-state index in [9.17, 15) is 14.4 Å². The molecular weight excluding hydrogens is 539 g/mol. The van der Waals surface area contributed by atoms with Crippen LogP contribution < -0.4 is 10.6 Å². The fraction of sp³-hybridized carbons (Fsp3) is 0.448. The fourth-order valence-electron chi connectivity index (χ4n) is 5.46. The molecule has 2 aromatic rings. The van der Waals surface area contributed by atoms with Crippen molar-refractivity contribution in [2.24, 2.45) is 5.41 Å². The molecule has 1 atom stereocenters. The molecule has 0 bridgehead atoms. The maximum atomic E-state index is 13.3. The monoisotopic (exact) mass is 572 g/mol. The number of carbonyl (C=O) groups is 3. The maximum absolute atomic E-state index is 13.3. The van der Waals surface area contributed by atoms with Crippen LogP contribution in [0.15, 0.2) is 47.9 Å². The molecule has 1 heterocycles. The number of halogens is 2. The van der Waals surface area contributed by atoms with Crippen LogP contribution in [0.5, 0.6) is 0 Å². The van der Waals surface area contributed by atoms with Crippen molar-refractivity contribution < 1.29 is 19.1 Å². The number of ketones is 1. The molecule has 0 radical (unpaired) electrons. The van der Waals surface area contributed by atoms with Gasteiger partial charge in [0.25, 0.3) is 5.91 Å². The summed E-state index contributed by atoms with van der Waals surface area (Å²) in [4.78, 5) is 44.9. The predicted molar refractivity (Wildman–Crippen MR) is 152 cm³/mol. The van der Waals surface area contributed by atoms with Gasteiger partial charge < -0.3 is 20.3 Å². The Hall–Kier alpha value is -2.94. The smallest absolute Gasteiger partial charge is 0.328 e. The summed E-state index contributed by atoms with van der Waals surface area (Å²) in [5.41, 5.74) is 2.71. The second-order valence-corrected chi connectivity index (χ2v) is 11.2. The molecule has 2 N–H and O–H groups in total. The lowest BCUT2D eigenvalue weighted by atomic mass is 9.58. The number of nitrogens with one attached hydrogen (secondary N) is 2. The van der Waals surface area contributed by atoms with E-state index >= 15 is 0 Å². The van der Waals surface area contributed by atoms with Crippen LogP contribution in [0, 0.1) is 5.41 Å². The standard InChI is InChI=1S/C29H34Cl2N4O4/c1-4-39-28(38)23(34-25-20(17-35(2)3)26(36)29(25)12-6-5-7-13-29)14-18-8-10-19(11-9-18)33-27(37)24-21(30)15-32-16-22(24)31/h8-11,15-16,23,34H,4-7,12-14,17H2,1-3H3,(H,33,37)/t23-/m0/s1. The number of hydrogen-bond donors (Lipinski definition) is 2. The van der Waals surface area contributed by atoms with E-state index in [0.29, 0.717) is 18.7 Å². The van der Waals surface area contributed by atoms with Crippen LogP contribution in [0.4, 0.5) is 5.69 Å². The molecule has 39 heavy (non-hydrogen) atoms. The third-order valence-corrected chi connectivity index (χ3v) is 7.87. The number of ether oxygens (including phenoxy) is 1. The van der Waals surface area contributed by atoms with Gasteiger partial charge in [-0.15, -0.1) is 0 Å². The normalized spacial score (nSPS) is 17.1. The zero-order valence-electron chi connectivity index (χ0n) is 22.5. The molecule has 1 aromatic carbocycles. The Balaban J connectivity index is 1.53. The van der Waals surface area contributed by atoms with E-state index in [1.54, 1.807) is 19.1 Å². The number of nitrogens with zero attached hydrogens (tertiary/aromatic N) is 2. The number of hydrogen-bond acceptors (Lipinski definition) is 7. The molecule has 1 saturated carbocycles. The lowest BCUT2D eigenvalue weighted by Crippen LogP contribution is -2.56. The third kappa shape index (κ3) is 6.29. The molecule has 0 aliphatic heterocycles. The van der Waals surface area contributed by atoms with Gasteiger partial charge >= 0.3 is 5.97 Å². The van der Waals surface area contributed by atoms with Crippen molar-refractivity contribution in [3.05, 3.63) is 69.1 Å². The third-order valence-electron chi connectivity index (χ3n) is 7.29. The van der Waals surface area contributed by atoms with Gasteiger partial charge in [-0.3, -0.25) is 14.6 Å². The van der Waals surface area contributed by atoms with Gasteiger partial charge in [0.2, 0.25) is 0 Å². The molecule has 10 heteroatoms. The first-order valence-electron chi connectivity index (χ1n) is 13.2. The quantitative estimate of drug-likeness (QED) is 0.384. The minimum Gasteiger partial charge on any atom is -0.464 e. The first kappa shape index (κ1) is 29.1. The number of amides is 1. The van der Waals surface area contributed by atoms with Crippen LogP contribution in [0.3, 0.4) is 0 Å². The first-order chi connectivity index (χ1) is 18.7. The number of aromatic nitrogens is 1. The second-order valence-electron chi connectivity index (χ2n) is 10.3. The molecule has 0 saturated heterocycles. The number of rotatable bonds is 10. The Morgan fingerprint density at radius 2 is 1.72 bits per heavy atom. The van der Waals surface area contributed by atoms with E-state index < -0.39 is 17.4 Å². The molecule has 2 aliphatic rings. The molecule has 0 unspecified atom stereocenters. The van der Waals surface area contributed by atoms with Gasteiger partial charge in [-0.25, -0.2) is 4.79 Å². The highest BCUT2D eigenvalue weighted by Gasteiger charge is 2.54. The Morgan fingerprint density at radius 3 is 2.31 bits per heavy atom. The van der Waals surface area contributed by atoms with Gasteiger partial charge in [-0.1, -0.05) is 54.6 Å². The number of Topliss-reactive ketones (excluding diaryl/α,β-unsaturated/α-hetero) is 1. The number of pyridine rings is 1. The van der Waals surface area contributed by atoms with Crippen LogP contribution >= 0.6 is 23.2 Å². The topological polar surface area (TPSA) is 101 Å². The molecule has 1 spiro atoms. The van der Waals surface area contributed by atoms with Crippen LogP contribution in [-0.4, -0.2) is 60.8 Å². The van der Waals surface area contributed by atoms with E-state index in [-0.39, 0.29) is 34.0 Å². The number of likely N-dealkylation sites (N-methyl/N-ethyl adjacent to an activating group) is 1. The van der Waals surface area contributed by atoms with Crippen molar-refractivity contribution in [3.8, 4) is 0 Å². The molecule has 4 rings (SSSR count). The first-order valence-corrected chi connectivity index (χ1v) is 14.0. The van der Waals surface area contributed by atoms with Gasteiger partial charge in [0.15, 0.2) is 5.78 Å². The molecule has 208 valence electrons. The summed E-state index contributed by atoms with van der Waals surface area (Å²) in [6, 6.07) is 6.54. The van der Waals surface area contributed by atoms with Crippen molar-refractivity contribution in [3.63, 3.8) is 0 Å². The summed E-state index contributed by atoms with van der Waals surface area (Å²) >= 11 is 12.2. The van der Waals surface area contributed by atoms with E-state index in [4.69, 9.17) is 27.9 Å². The Morgan fingerprint density at radius 1 is 1.08 bits per heavy atom. The number of carbonyl (C=O) groups excluding carboxylic acids is 3. The van der Waals surface area contributed by atoms with Gasteiger partial charge in [0.05, 0.1) is 27.6 Å². The molecule has 8 nitrogen and oxygen atoms in total. The van der Waals surface area contributed by atoms with Gasteiger partial charge in [0.1, 0.15) is 6.04 Å². The van der Waals surface area contributed by atoms with Crippen molar-refractivity contribution in [2.75, 3.05) is 32.6 Å². The summed E-state index contributed by atoms with van der Waals surface area (Å²) in [5, 5.41) is 6.58. The van der Waals surface area contributed by atoms with Crippen LogP contribution in [0.25, 0.3) is 0 Å². The summed E-state index contributed by atoms with van der Waals surface area (Å²) in [6.07, 6.45) is 7.81. The van der Waals surface area contributed by atoms with E-state index in [0.717, 1.165) is 48.9 Å². The van der Waals surface area contributed by atoms with Crippen LogP contribution in [0.1, 0.15) is 54.9 Å². The number of allylic oxidation sites excluding steroid dienone is 1. The summed E-state index contributed by atoms with van der Waals surface area (Å²) in [6.45, 7) is 2.56. The average molecular weight is 574 g/mol. The van der Waals surface area contributed by atoms with E-state index in [1.807, 2.05) is 31.1 Å². The van der Waals surface area contributed by atoms with Crippen LogP contribution in [0.2, 0.25) is 10.0 Å². The van der Waals surface area contributed by atoms with Crippen molar-refractivity contribution in [2.45, 2.75) is 51.5 Å². The summed E-state index contributed by atoms with van der Waals surface area (Å²) in [7, 11) is 3.87. The Bertz CT molecular complexity index is 1250. The van der Waals surface area contributed by atoms with Gasteiger partial charge in [0, 0.05) is 42.3 Å². The molecule has 1 aromatic heterocycles. The number of esters is 1. The second kappa shape index (κ2) is 12.5. The van der Waals surface area contributed by atoms with Gasteiger partial charge in [-0.05, 0) is 51.6 Å². The largest absolute Gasteiger partial charge is 0.464 e. The average Bonchev–Trinajstić information content (AvgIpc) is 2.91. The number of anilines is 1. The molecule has 1 amide bonds. The minimum atomic E-state index is -0.654. The summed E-state index contributed by atoms with van der Waals surface area (Å²) < 4.78 is 5.41. The zero-order valence-corrected chi connectivity index (χ0v) is 24.0. The highest BCUT2D eigenvalue weighted by molar-refractivity contribution is 6.40. The zero-order chi connectivity index (χ0) is 28.2. The maximum Gasteiger partial charge on any atom is 0.328 e. The minimum absolute atomic E-state index is 0.150. The highest BCUT2D eigenvalue weighted by Crippen LogP contribution is 2.52. The lowest BCUT2D eigenvalue weighted by molar-refractivity contribution is -0.146. The molecule has 1 fully saturated rings. The van der Waals surface area contributed by atoms with E-state index in [2.05, 4.69) is 15.6 Å². The van der Waals surface area contributed by atoms with E-state index in [1.165, 1.54) is 12.4 Å². The Labute approximate surface area is 239 Å². The summed E-state index contributed by atoms with van der Waals surface area (Å²) in [5.74, 6) is -0.603. The fourth-order valence-corrected chi connectivity index (χ4v) is 6.00. The highest BCUT2D eigenvalue weighted by atomic mass is 35.5. The lowest BCUT2D eigenvalue weighted by Gasteiger charge is -2.48. The van der Waals surface area contributed by atoms with Crippen LogP contribution in [-0.2, 0) is 20.7 Å². The van der Waals surface area contributed by atoms with Crippen molar-refractivity contribution >= 4 is 46.5 Å². The number of benzene rings is 1. The molecular formula is C29H34Cl2N4O4. The van der Waals surface area contributed by atoms with Gasteiger partial charge in [-0.2, -0.15) is 0 Å². The Kier molecular flexibility index (Phi) is 9.31. The molecule has 2 aliphatic carbocycles.